The van der Waals surface area contributed by atoms with E-state index in [1.807, 2.05) is 31.2 Å². The summed E-state index contributed by atoms with van der Waals surface area (Å²) in [5, 5.41) is 0.800. The number of benzene rings is 2. The highest BCUT2D eigenvalue weighted by molar-refractivity contribution is 6.11. The van der Waals surface area contributed by atoms with Gasteiger partial charge in [0.1, 0.15) is 5.75 Å². The SMILES string of the molecule is COc1ccc(C(C)=O)cc1CC(=O)O[C@@H](C)C(=O)c1c(C)[nH]c2ccccc12. The second-order valence-corrected chi connectivity index (χ2v) is 6.93. The molecular weight excluding hydrogens is 370 g/mol. The predicted octanol–water partition coefficient (Wildman–Crippen LogP) is 4.04. The van der Waals surface area contributed by atoms with Gasteiger partial charge in [-0.15, -0.1) is 0 Å². The summed E-state index contributed by atoms with van der Waals surface area (Å²) in [5.74, 6) is -0.459. The van der Waals surface area contributed by atoms with Crippen LogP contribution >= 0.6 is 0 Å². The summed E-state index contributed by atoms with van der Waals surface area (Å²) in [6.07, 6.45) is -1.04. The van der Waals surface area contributed by atoms with Crippen molar-refractivity contribution < 1.29 is 23.9 Å². The van der Waals surface area contributed by atoms with Crippen molar-refractivity contribution in [1.82, 2.24) is 4.98 Å². The van der Waals surface area contributed by atoms with Crippen LogP contribution in [0.25, 0.3) is 10.9 Å². The number of hydrogen-bond acceptors (Lipinski definition) is 5. The van der Waals surface area contributed by atoms with Crippen LogP contribution in [0.3, 0.4) is 0 Å². The van der Waals surface area contributed by atoms with Gasteiger partial charge in [-0.25, -0.2) is 0 Å². The number of aromatic amines is 1. The number of ether oxygens (including phenoxy) is 2. The molecule has 0 unspecified atom stereocenters. The normalized spacial score (nSPS) is 11.9. The summed E-state index contributed by atoms with van der Waals surface area (Å²) >= 11 is 0. The van der Waals surface area contributed by atoms with E-state index < -0.39 is 12.1 Å². The van der Waals surface area contributed by atoms with Crippen molar-refractivity contribution in [3.05, 3.63) is 64.8 Å². The average molecular weight is 393 g/mol. The van der Waals surface area contributed by atoms with Gasteiger partial charge in [-0.1, -0.05) is 18.2 Å². The van der Waals surface area contributed by atoms with E-state index in [1.54, 1.807) is 25.1 Å². The molecule has 0 aliphatic heterocycles. The van der Waals surface area contributed by atoms with Crippen LogP contribution in [0.15, 0.2) is 42.5 Å². The minimum absolute atomic E-state index is 0.102. The molecule has 1 heterocycles. The number of ketones is 2. The molecule has 0 saturated carbocycles. The number of rotatable bonds is 7. The monoisotopic (exact) mass is 393 g/mol. The van der Waals surface area contributed by atoms with Crippen molar-refractivity contribution in [2.24, 2.45) is 0 Å². The van der Waals surface area contributed by atoms with Crippen molar-refractivity contribution >= 4 is 28.4 Å². The Bertz CT molecular complexity index is 1100. The van der Waals surface area contributed by atoms with Crippen LogP contribution in [-0.4, -0.2) is 35.7 Å². The predicted molar refractivity (Wildman–Crippen MR) is 110 cm³/mol. The van der Waals surface area contributed by atoms with Crippen LogP contribution in [0.1, 0.15) is 45.8 Å². The van der Waals surface area contributed by atoms with Crippen LogP contribution in [-0.2, 0) is 16.0 Å². The number of para-hydroxylation sites is 1. The first kappa shape index (κ1) is 20.3. The Balaban J connectivity index is 1.77. The number of esters is 1. The summed E-state index contributed by atoms with van der Waals surface area (Å²) in [6, 6.07) is 12.4. The first-order valence-electron chi connectivity index (χ1n) is 9.30. The van der Waals surface area contributed by atoms with E-state index in [4.69, 9.17) is 9.47 Å². The number of methoxy groups -OCH3 is 1. The van der Waals surface area contributed by atoms with Gasteiger partial charge in [0, 0.05) is 33.3 Å². The molecule has 1 N–H and O–H groups in total. The fourth-order valence-corrected chi connectivity index (χ4v) is 3.38. The Morgan fingerprint density at radius 1 is 1.10 bits per heavy atom. The van der Waals surface area contributed by atoms with E-state index in [0.717, 1.165) is 16.6 Å². The molecule has 0 bridgehead atoms. The van der Waals surface area contributed by atoms with Gasteiger partial charge in [0.2, 0.25) is 5.78 Å². The zero-order valence-corrected chi connectivity index (χ0v) is 16.9. The van der Waals surface area contributed by atoms with E-state index >= 15 is 0 Å². The molecule has 1 atom stereocenters. The second kappa shape index (κ2) is 8.31. The quantitative estimate of drug-likeness (QED) is 0.484. The summed E-state index contributed by atoms with van der Waals surface area (Å²) < 4.78 is 10.7. The van der Waals surface area contributed by atoms with E-state index in [0.29, 0.717) is 22.4 Å². The molecule has 0 aliphatic carbocycles. The highest BCUT2D eigenvalue weighted by atomic mass is 16.5. The first-order chi connectivity index (χ1) is 13.8. The minimum atomic E-state index is -0.942. The van der Waals surface area contributed by atoms with Gasteiger partial charge in [-0.2, -0.15) is 0 Å². The molecule has 0 radical (unpaired) electrons. The van der Waals surface area contributed by atoms with E-state index in [2.05, 4.69) is 4.98 Å². The molecule has 150 valence electrons. The number of aryl methyl sites for hydroxylation is 1. The number of hydrogen-bond donors (Lipinski definition) is 1. The minimum Gasteiger partial charge on any atom is -0.496 e. The van der Waals surface area contributed by atoms with Crippen LogP contribution in [0.5, 0.6) is 5.75 Å². The van der Waals surface area contributed by atoms with Gasteiger partial charge in [0.15, 0.2) is 11.9 Å². The standard InChI is InChI=1S/C23H23NO5/c1-13-22(18-7-5-6-8-19(18)24-13)23(27)15(3)29-21(26)12-17-11-16(14(2)25)9-10-20(17)28-4/h5-11,15,24H,12H2,1-4H3/t15-/m0/s1. The van der Waals surface area contributed by atoms with Gasteiger partial charge in [-0.3, -0.25) is 14.4 Å². The topological polar surface area (TPSA) is 85.5 Å². The highest BCUT2D eigenvalue weighted by Gasteiger charge is 2.25. The molecule has 6 nitrogen and oxygen atoms in total. The van der Waals surface area contributed by atoms with E-state index in [-0.39, 0.29) is 18.0 Å². The summed E-state index contributed by atoms with van der Waals surface area (Å²) in [5.41, 5.74) is 3.13. The maximum absolute atomic E-state index is 12.9. The third-order valence-electron chi connectivity index (χ3n) is 4.84. The number of carbonyl (C=O) groups excluding carboxylic acids is 3. The fourth-order valence-electron chi connectivity index (χ4n) is 3.38. The van der Waals surface area contributed by atoms with Crippen LogP contribution in [0.4, 0.5) is 0 Å². The second-order valence-electron chi connectivity index (χ2n) is 6.93. The maximum atomic E-state index is 12.9. The average Bonchev–Trinajstić information content (AvgIpc) is 3.02. The molecule has 29 heavy (non-hydrogen) atoms. The Morgan fingerprint density at radius 3 is 2.52 bits per heavy atom. The molecule has 0 spiro atoms. The number of nitrogens with one attached hydrogen (secondary N) is 1. The van der Waals surface area contributed by atoms with Gasteiger partial charge in [0.05, 0.1) is 13.5 Å². The largest absolute Gasteiger partial charge is 0.496 e. The number of fused-ring (bicyclic) bond motifs is 1. The smallest absolute Gasteiger partial charge is 0.311 e. The molecule has 0 saturated heterocycles. The molecule has 0 fully saturated rings. The lowest BCUT2D eigenvalue weighted by molar-refractivity contribution is -0.145. The lowest BCUT2D eigenvalue weighted by Gasteiger charge is -2.14. The Morgan fingerprint density at radius 2 is 1.83 bits per heavy atom. The zero-order chi connectivity index (χ0) is 21.1. The molecule has 2 aromatic carbocycles. The van der Waals surface area contributed by atoms with Gasteiger partial charge >= 0.3 is 5.97 Å². The van der Waals surface area contributed by atoms with Crippen LogP contribution in [0.2, 0.25) is 0 Å². The first-order valence-corrected chi connectivity index (χ1v) is 9.30. The fraction of sp³-hybridized carbons (Fsp3) is 0.261. The third-order valence-corrected chi connectivity index (χ3v) is 4.84. The molecule has 3 rings (SSSR count). The Labute approximate surface area is 168 Å². The number of carbonyl (C=O) groups is 3. The number of Topliss-reactive ketones (excluding diaryl/α,β-unsaturated/α-hetero) is 2. The van der Waals surface area contributed by atoms with Crippen LogP contribution in [0, 0.1) is 6.92 Å². The molecular formula is C23H23NO5. The molecule has 6 heteroatoms. The summed E-state index contributed by atoms with van der Waals surface area (Å²) in [4.78, 5) is 40.2. The van der Waals surface area contributed by atoms with Gasteiger partial charge in [0.25, 0.3) is 0 Å². The van der Waals surface area contributed by atoms with Crippen molar-refractivity contribution in [1.29, 1.82) is 0 Å². The van der Waals surface area contributed by atoms with Crippen molar-refractivity contribution in [2.45, 2.75) is 33.3 Å². The lowest BCUT2D eigenvalue weighted by Crippen LogP contribution is -2.25. The van der Waals surface area contributed by atoms with Crippen molar-refractivity contribution in [3.8, 4) is 5.75 Å². The van der Waals surface area contributed by atoms with Crippen molar-refractivity contribution in [2.75, 3.05) is 7.11 Å². The molecule has 0 aliphatic rings. The molecule has 0 amide bonds. The summed E-state index contributed by atoms with van der Waals surface area (Å²) in [7, 11) is 1.49. The van der Waals surface area contributed by atoms with Gasteiger partial charge < -0.3 is 14.5 Å². The Hall–Kier alpha value is -3.41. The van der Waals surface area contributed by atoms with Gasteiger partial charge in [-0.05, 0) is 45.0 Å². The molecule has 1 aromatic heterocycles. The molecule has 3 aromatic rings. The van der Waals surface area contributed by atoms with E-state index in [9.17, 15) is 14.4 Å². The van der Waals surface area contributed by atoms with Crippen molar-refractivity contribution in [3.63, 3.8) is 0 Å². The highest BCUT2D eigenvalue weighted by Crippen LogP contribution is 2.25. The summed E-state index contributed by atoms with van der Waals surface area (Å²) in [6.45, 7) is 4.83. The third kappa shape index (κ3) is 4.21. The number of aromatic nitrogens is 1. The maximum Gasteiger partial charge on any atom is 0.311 e. The lowest BCUT2D eigenvalue weighted by atomic mass is 10.0. The van der Waals surface area contributed by atoms with Crippen LogP contribution < -0.4 is 4.74 Å². The Kier molecular flexibility index (Phi) is 5.82. The van der Waals surface area contributed by atoms with E-state index in [1.165, 1.54) is 14.0 Å². The number of H-pyrrole nitrogens is 1. The zero-order valence-electron chi connectivity index (χ0n) is 16.9.